The molecule has 194 valence electrons. The molecule has 0 saturated carbocycles. The van der Waals surface area contributed by atoms with Crippen molar-refractivity contribution in [3.8, 4) is 0 Å². The van der Waals surface area contributed by atoms with Crippen LogP contribution in [0.15, 0.2) is 66.1 Å². The predicted molar refractivity (Wildman–Crippen MR) is 129 cm³/mol. The normalized spacial score (nSPS) is 15.3. The number of nitrogens with one attached hydrogen (secondary N) is 2. The Balaban J connectivity index is 1.49. The Labute approximate surface area is 208 Å². The van der Waals surface area contributed by atoms with Gasteiger partial charge in [-0.25, -0.2) is 8.42 Å². The van der Waals surface area contributed by atoms with Crippen molar-refractivity contribution in [3.05, 3.63) is 77.9 Å². The number of sulfonamides is 1. The second-order valence-corrected chi connectivity index (χ2v) is 10.5. The van der Waals surface area contributed by atoms with Gasteiger partial charge in [-0.1, -0.05) is 18.7 Å². The highest BCUT2D eigenvalue weighted by Gasteiger charge is 2.30. The summed E-state index contributed by atoms with van der Waals surface area (Å²) >= 11 is 0. The van der Waals surface area contributed by atoms with Crippen molar-refractivity contribution in [1.29, 1.82) is 0 Å². The molecule has 0 atom stereocenters. The van der Waals surface area contributed by atoms with Crippen molar-refractivity contribution in [2.45, 2.75) is 30.3 Å². The van der Waals surface area contributed by atoms with E-state index < -0.39 is 27.7 Å². The van der Waals surface area contributed by atoms with Crippen LogP contribution in [0.1, 0.15) is 34.3 Å². The molecular formula is C25H28F3N3O4S. The fourth-order valence-electron chi connectivity index (χ4n) is 3.88. The van der Waals surface area contributed by atoms with Crippen molar-refractivity contribution in [2.75, 3.05) is 26.2 Å². The van der Waals surface area contributed by atoms with Crippen LogP contribution in [-0.4, -0.2) is 50.7 Å². The van der Waals surface area contributed by atoms with E-state index in [1.165, 1.54) is 46.8 Å². The largest absolute Gasteiger partial charge is 0.416 e. The van der Waals surface area contributed by atoms with Gasteiger partial charge >= 0.3 is 6.18 Å². The second kappa shape index (κ2) is 11.7. The number of halogens is 3. The molecule has 7 nitrogen and oxygen atoms in total. The third kappa shape index (κ3) is 7.17. The molecular weight excluding hydrogens is 495 g/mol. The molecule has 1 aliphatic rings. The number of hydrogen-bond donors (Lipinski definition) is 2. The number of carbonyl (C=O) groups excluding carboxylic acids is 2. The van der Waals surface area contributed by atoms with Crippen LogP contribution in [0, 0.1) is 5.92 Å². The maximum absolute atomic E-state index is 13.0. The van der Waals surface area contributed by atoms with E-state index in [2.05, 4.69) is 17.2 Å². The molecule has 1 heterocycles. The lowest BCUT2D eigenvalue weighted by Gasteiger charge is -2.31. The summed E-state index contributed by atoms with van der Waals surface area (Å²) in [6.45, 7) is 4.76. The fourth-order valence-corrected chi connectivity index (χ4v) is 5.35. The predicted octanol–water partition coefficient (Wildman–Crippen LogP) is 3.38. The molecule has 0 spiro atoms. The molecule has 1 aliphatic heterocycles. The number of hydrogen-bond acceptors (Lipinski definition) is 4. The molecule has 1 saturated heterocycles. The fraction of sp³-hybridized carbons (Fsp3) is 0.360. The Kier molecular flexibility index (Phi) is 8.91. The molecule has 1 fully saturated rings. The molecule has 11 heteroatoms. The summed E-state index contributed by atoms with van der Waals surface area (Å²) in [5.41, 5.74) is 0.196. The van der Waals surface area contributed by atoms with E-state index in [0.29, 0.717) is 44.5 Å². The van der Waals surface area contributed by atoms with Crippen LogP contribution in [0.4, 0.5) is 13.2 Å². The van der Waals surface area contributed by atoms with Gasteiger partial charge in [-0.15, -0.1) is 0 Å². The molecule has 2 amide bonds. The maximum atomic E-state index is 13.0. The van der Waals surface area contributed by atoms with E-state index in [1.807, 2.05) is 0 Å². The van der Waals surface area contributed by atoms with Gasteiger partial charge in [0.25, 0.3) is 5.91 Å². The highest BCUT2D eigenvalue weighted by molar-refractivity contribution is 7.89. The lowest BCUT2D eigenvalue weighted by atomic mass is 9.98. The van der Waals surface area contributed by atoms with Crippen molar-refractivity contribution >= 4 is 21.8 Å². The van der Waals surface area contributed by atoms with Crippen molar-refractivity contribution in [1.82, 2.24) is 14.9 Å². The van der Waals surface area contributed by atoms with Crippen LogP contribution in [0.3, 0.4) is 0 Å². The van der Waals surface area contributed by atoms with Crippen LogP contribution >= 0.6 is 0 Å². The van der Waals surface area contributed by atoms with Gasteiger partial charge in [-0.2, -0.15) is 17.5 Å². The minimum absolute atomic E-state index is 0.0854. The van der Waals surface area contributed by atoms with E-state index in [0.717, 1.165) is 12.1 Å². The van der Waals surface area contributed by atoms with Gasteiger partial charge in [0.1, 0.15) is 0 Å². The van der Waals surface area contributed by atoms with E-state index >= 15 is 0 Å². The summed E-state index contributed by atoms with van der Waals surface area (Å²) < 4.78 is 65.3. The zero-order valence-electron chi connectivity index (χ0n) is 19.6. The van der Waals surface area contributed by atoms with Crippen LogP contribution in [0.25, 0.3) is 0 Å². The van der Waals surface area contributed by atoms with Gasteiger partial charge in [0.2, 0.25) is 15.9 Å². The van der Waals surface area contributed by atoms with Crippen molar-refractivity contribution < 1.29 is 31.2 Å². The average Bonchev–Trinajstić information content (AvgIpc) is 2.87. The summed E-state index contributed by atoms with van der Waals surface area (Å²) in [4.78, 5) is 23.8. The Bertz CT molecular complexity index is 1170. The van der Waals surface area contributed by atoms with E-state index in [-0.39, 0.29) is 28.8 Å². The number of carbonyl (C=O) groups is 2. The van der Waals surface area contributed by atoms with Crippen molar-refractivity contribution in [2.24, 2.45) is 5.92 Å². The first-order chi connectivity index (χ1) is 17.0. The van der Waals surface area contributed by atoms with Crippen LogP contribution in [0.2, 0.25) is 0 Å². The van der Waals surface area contributed by atoms with Gasteiger partial charge in [0, 0.05) is 31.7 Å². The Morgan fingerprint density at radius 2 is 1.61 bits per heavy atom. The Morgan fingerprint density at radius 1 is 1.00 bits per heavy atom. The van der Waals surface area contributed by atoms with Crippen LogP contribution in [-0.2, 0) is 27.4 Å². The van der Waals surface area contributed by atoms with Gasteiger partial charge in [-0.05, 0) is 73.2 Å². The third-order valence-electron chi connectivity index (χ3n) is 6.06. The number of alkyl halides is 3. The molecule has 3 rings (SSSR count). The maximum Gasteiger partial charge on any atom is 0.416 e. The Morgan fingerprint density at radius 3 is 2.17 bits per heavy atom. The van der Waals surface area contributed by atoms with Gasteiger partial charge in [0.15, 0.2) is 0 Å². The molecule has 0 aliphatic carbocycles. The monoisotopic (exact) mass is 523 g/mol. The topological polar surface area (TPSA) is 95.6 Å². The van der Waals surface area contributed by atoms with Crippen LogP contribution in [0.5, 0.6) is 0 Å². The summed E-state index contributed by atoms with van der Waals surface area (Å²) in [5, 5.41) is 5.42. The lowest BCUT2D eigenvalue weighted by molar-refractivity contribution is -0.137. The van der Waals surface area contributed by atoms with E-state index in [4.69, 9.17) is 0 Å². The number of benzene rings is 2. The zero-order valence-corrected chi connectivity index (χ0v) is 20.4. The summed E-state index contributed by atoms with van der Waals surface area (Å²) in [5.74, 6) is -0.476. The van der Waals surface area contributed by atoms with Gasteiger partial charge < -0.3 is 10.6 Å². The van der Waals surface area contributed by atoms with Crippen molar-refractivity contribution in [3.63, 3.8) is 0 Å². The minimum atomic E-state index is -4.40. The quantitative estimate of drug-likeness (QED) is 0.493. The first-order valence-electron chi connectivity index (χ1n) is 11.5. The summed E-state index contributed by atoms with van der Waals surface area (Å²) in [6.07, 6.45) is -1.61. The number of amides is 2. The first kappa shape index (κ1) is 27.4. The molecule has 2 N–H and O–H groups in total. The van der Waals surface area contributed by atoms with Crippen LogP contribution < -0.4 is 10.6 Å². The van der Waals surface area contributed by atoms with E-state index in [9.17, 15) is 31.2 Å². The molecule has 0 aromatic heterocycles. The average molecular weight is 524 g/mol. The second-order valence-electron chi connectivity index (χ2n) is 8.52. The molecule has 0 unspecified atom stereocenters. The highest BCUT2D eigenvalue weighted by atomic mass is 32.2. The highest BCUT2D eigenvalue weighted by Crippen LogP contribution is 2.29. The first-order valence-corrected chi connectivity index (χ1v) is 12.9. The third-order valence-corrected chi connectivity index (χ3v) is 7.97. The number of nitrogens with zero attached hydrogens (tertiary/aromatic N) is 1. The minimum Gasteiger partial charge on any atom is -0.352 e. The van der Waals surface area contributed by atoms with Gasteiger partial charge in [0.05, 0.1) is 10.5 Å². The number of piperidine rings is 1. The Hall–Kier alpha value is -3.18. The van der Waals surface area contributed by atoms with E-state index in [1.54, 1.807) is 0 Å². The summed E-state index contributed by atoms with van der Waals surface area (Å²) in [7, 11) is -3.71. The molecule has 0 bridgehead atoms. The smallest absolute Gasteiger partial charge is 0.352 e. The molecule has 36 heavy (non-hydrogen) atoms. The summed E-state index contributed by atoms with van der Waals surface area (Å²) in [6, 6.07) is 10.4. The molecule has 2 aromatic rings. The zero-order chi connectivity index (χ0) is 26.3. The SMILES string of the molecule is C=CC(=O)NCC1CCN(S(=O)(=O)c2ccc(C(=O)NCCc3ccc(C(F)(F)F)cc3)cc2)CC1. The molecule has 0 radical (unpaired) electrons. The van der Waals surface area contributed by atoms with Gasteiger partial charge in [-0.3, -0.25) is 9.59 Å². The lowest BCUT2D eigenvalue weighted by Crippen LogP contribution is -2.41. The standard InChI is InChI=1S/C25H28F3N3O4S/c1-2-23(32)30-17-19-12-15-31(16-13-19)36(34,35)22-9-5-20(6-10-22)24(33)29-14-11-18-3-7-21(8-4-18)25(26,27)28/h2-10,19H,1,11-17H2,(H,29,33)(H,30,32). The number of rotatable bonds is 9. The molecule has 2 aromatic carbocycles.